The summed E-state index contributed by atoms with van der Waals surface area (Å²) >= 11 is 0. The first kappa shape index (κ1) is 17.5. The van der Waals surface area contributed by atoms with E-state index in [-0.39, 0.29) is 19.0 Å². The highest BCUT2D eigenvalue weighted by molar-refractivity contribution is 5.78. The van der Waals surface area contributed by atoms with Crippen molar-refractivity contribution in [1.29, 1.82) is 0 Å². The molecule has 0 heterocycles. The van der Waals surface area contributed by atoms with Crippen molar-refractivity contribution in [2.24, 2.45) is 0 Å². The highest BCUT2D eigenvalue weighted by Crippen LogP contribution is 2.08. The molecule has 1 aromatic carbocycles. The van der Waals surface area contributed by atoms with Crippen LogP contribution in [-0.4, -0.2) is 41.1 Å². The van der Waals surface area contributed by atoms with E-state index in [0.717, 1.165) is 6.07 Å². The molecule has 0 saturated heterocycles. The van der Waals surface area contributed by atoms with Gasteiger partial charge in [0.05, 0.1) is 12.1 Å². The molecule has 1 aromatic rings. The molecule has 118 valence electrons. The van der Waals surface area contributed by atoms with Crippen LogP contribution in [0.15, 0.2) is 18.2 Å². The molecule has 1 amide bonds. The third kappa shape index (κ3) is 7.15. The van der Waals surface area contributed by atoms with Gasteiger partial charge in [-0.25, -0.2) is 8.78 Å². The quantitative estimate of drug-likeness (QED) is 0.805. The number of hydrogen-bond donors (Lipinski definition) is 2. The summed E-state index contributed by atoms with van der Waals surface area (Å²) in [6, 6.07) is 3.14. The Morgan fingerprint density at radius 2 is 1.86 bits per heavy atom. The fraction of sp³-hybridized carbons (Fsp3) is 0.533. The number of hydrogen-bond acceptors (Lipinski definition) is 3. The highest BCUT2D eigenvalue weighted by Gasteiger charge is 2.19. The zero-order valence-corrected chi connectivity index (χ0v) is 12.6. The second-order valence-corrected chi connectivity index (χ2v) is 5.67. The summed E-state index contributed by atoms with van der Waals surface area (Å²) in [5.74, 6) is -1.60. The van der Waals surface area contributed by atoms with E-state index in [9.17, 15) is 18.7 Å². The molecule has 0 aliphatic carbocycles. The van der Waals surface area contributed by atoms with Gasteiger partial charge in [-0.15, -0.1) is 0 Å². The SMILES string of the molecule is CCN(CC(=O)NCc1cc(F)cc(F)c1)CC(C)(C)O. The summed E-state index contributed by atoms with van der Waals surface area (Å²) < 4.78 is 26.0. The highest BCUT2D eigenvalue weighted by atomic mass is 19.1. The first-order valence-corrected chi connectivity index (χ1v) is 6.86. The Hall–Kier alpha value is -1.53. The lowest BCUT2D eigenvalue weighted by molar-refractivity contribution is -0.123. The number of amides is 1. The van der Waals surface area contributed by atoms with E-state index in [1.54, 1.807) is 18.7 Å². The lowest BCUT2D eigenvalue weighted by Gasteiger charge is -2.27. The zero-order chi connectivity index (χ0) is 16.0. The zero-order valence-electron chi connectivity index (χ0n) is 12.6. The van der Waals surface area contributed by atoms with Crippen LogP contribution in [0.2, 0.25) is 0 Å². The van der Waals surface area contributed by atoms with Gasteiger partial charge in [0.25, 0.3) is 0 Å². The normalized spacial score (nSPS) is 11.8. The van der Waals surface area contributed by atoms with Crippen LogP contribution in [0.5, 0.6) is 0 Å². The van der Waals surface area contributed by atoms with Crippen molar-refractivity contribution in [2.45, 2.75) is 32.9 Å². The first-order valence-electron chi connectivity index (χ1n) is 6.86. The number of rotatable bonds is 7. The molecule has 0 spiro atoms. The molecule has 0 saturated carbocycles. The van der Waals surface area contributed by atoms with E-state index in [1.807, 2.05) is 6.92 Å². The average molecular weight is 300 g/mol. The number of benzene rings is 1. The van der Waals surface area contributed by atoms with E-state index >= 15 is 0 Å². The molecule has 0 bridgehead atoms. The second-order valence-electron chi connectivity index (χ2n) is 5.67. The Morgan fingerprint density at radius 1 is 1.29 bits per heavy atom. The summed E-state index contributed by atoms with van der Waals surface area (Å²) in [5.41, 5.74) is -0.520. The number of likely N-dealkylation sites (N-methyl/N-ethyl adjacent to an activating group) is 1. The van der Waals surface area contributed by atoms with E-state index in [4.69, 9.17) is 0 Å². The van der Waals surface area contributed by atoms with Gasteiger partial charge in [-0.2, -0.15) is 0 Å². The molecule has 0 aliphatic heterocycles. The second kappa shape index (κ2) is 7.47. The van der Waals surface area contributed by atoms with Gasteiger partial charge in [0.15, 0.2) is 0 Å². The van der Waals surface area contributed by atoms with Crippen LogP contribution in [-0.2, 0) is 11.3 Å². The molecular weight excluding hydrogens is 278 g/mol. The van der Waals surface area contributed by atoms with Crippen molar-refractivity contribution in [1.82, 2.24) is 10.2 Å². The molecule has 6 heteroatoms. The average Bonchev–Trinajstić information content (AvgIpc) is 2.32. The number of carbonyl (C=O) groups is 1. The van der Waals surface area contributed by atoms with Crippen molar-refractivity contribution >= 4 is 5.91 Å². The summed E-state index contributed by atoms with van der Waals surface area (Å²) in [6.07, 6.45) is 0. The molecule has 0 unspecified atom stereocenters. The first-order chi connectivity index (χ1) is 9.69. The van der Waals surface area contributed by atoms with Gasteiger partial charge in [-0.05, 0) is 38.1 Å². The summed E-state index contributed by atoms with van der Waals surface area (Å²) in [6.45, 7) is 6.40. The Bertz CT molecular complexity index is 467. The van der Waals surface area contributed by atoms with E-state index in [0.29, 0.717) is 18.7 Å². The van der Waals surface area contributed by atoms with Crippen molar-refractivity contribution in [2.75, 3.05) is 19.6 Å². The van der Waals surface area contributed by atoms with Crippen LogP contribution in [0, 0.1) is 11.6 Å². The van der Waals surface area contributed by atoms with Gasteiger partial charge < -0.3 is 10.4 Å². The lowest BCUT2D eigenvalue weighted by atomic mass is 10.1. The van der Waals surface area contributed by atoms with Crippen LogP contribution in [0.1, 0.15) is 26.3 Å². The predicted octanol–water partition coefficient (Wildman–Crippen LogP) is 1.67. The molecular formula is C15H22F2N2O2. The van der Waals surface area contributed by atoms with Crippen molar-refractivity contribution in [3.63, 3.8) is 0 Å². The fourth-order valence-corrected chi connectivity index (χ4v) is 2.00. The lowest BCUT2D eigenvalue weighted by Crippen LogP contribution is -2.43. The molecule has 0 aromatic heterocycles. The van der Waals surface area contributed by atoms with Gasteiger partial charge in [0.1, 0.15) is 11.6 Å². The topological polar surface area (TPSA) is 52.6 Å². The Kier molecular flexibility index (Phi) is 6.23. The number of nitrogens with one attached hydrogen (secondary N) is 1. The molecule has 21 heavy (non-hydrogen) atoms. The molecule has 2 N–H and O–H groups in total. The number of aliphatic hydroxyl groups is 1. The van der Waals surface area contributed by atoms with Crippen molar-refractivity contribution in [3.05, 3.63) is 35.4 Å². The van der Waals surface area contributed by atoms with Gasteiger partial charge in [-0.1, -0.05) is 6.92 Å². The Balaban J connectivity index is 2.49. The van der Waals surface area contributed by atoms with Gasteiger partial charge in [0.2, 0.25) is 5.91 Å². The summed E-state index contributed by atoms with van der Waals surface area (Å²) in [5, 5.41) is 12.4. The maximum absolute atomic E-state index is 13.0. The molecule has 0 aliphatic rings. The van der Waals surface area contributed by atoms with Crippen LogP contribution < -0.4 is 5.32 Å². The smallest absolute Gasteiger partial charge is 0.234 e. The van der Waals surface area contributed by atoms with Gasteiger partial charge in [0, 0.05) is 19.2 Å². The van der Waals surface area contributed by atoms with E-state index in [1.165, 1.54) is 12.1 Å². The Labute approximate surface area is 123 Å². The molecule has 0 fully saturated rings. The van der Waals surface area contributed by atoms with Gasteiger partial charge >= 0.3 is 0 Å². The minimum Gasteiger partial charge on any atom is -0.389 e. The monoisotopic (exact) mass is 300 g/mol. The minimum absolute atomic E-state index is 0.0631. The van der Waals surface area contributed by atoms with Crippen molar-refractivity contribution in [3.8, 4) is 0 Å². The predicted molar refractivity (Wildman–Crippen MR) is 76.6 cm³/mol. The van der Waals surface area contributed by atoms with Crippen LogP contribution >= 0.6 is 0 Å². The summed E-state index contributed by atoms with van der Waals surface area (Å²) in [4.78, 5) is 13.6. The van der Waals surface area contributed by atoms with Crippen molar-refractivity contribution < 1.29 is 18.7 Å². The minimum atomic E-state index is -0.887. The van der Waals surface area contributed by atoms with E-state index < -0.39 is 17.2 Å². The molecule has 0 radical (unpaired) electrons. The number of halogens is 2. The third-order valence-corrected chi connectivity index (χ3v) is 2.84. The third-order valence-electron chi connectivity index (χ3n) is 2.84. The molecule has 4 nitrogen and oxygen atoms in total. The van der Waals surface area contributed by atoms with Crippen LogP contribution in [0.25, 0.3) is 0 Å². The molecule has 1 rings (SSSR count). The summed E-state index contributed by atoms with van der Waals surface area (Å²) in [7, 11) is 0. The standard InChI is InChI=1S/C15H22F2N2O2/c1-4-19(10-15(2,3)21)9-14(20)18-8-11-5-12(16)7-13(17)6-11/h5-7,21H,4,8-10H2,1-3H3,(H,18,20). The number of carbonyl (C=O) groups excluding carboxylic acids is 1. The maximum Gasteiger partial charge on any atom is 0.234 e. The number of nitrogens with zero attached hydrogens (tertiary/aromatic N) is 1. The van der Waals surface area contributed by atoms with Crippen LogP contribution in [0.3, 0.4) is 0 Å². The maximum atomic E-state index is 13.0. The van der Waals surface area contributed by atoms with E-state index in [2.05, 4.69) is 5.32 Å². The van der Waals surface area contributed by atoms with Crippen LogP contribution in [0.4, 0.5) is 8.78 Å². The largest absolute Gasteiger partial charge is 0.389 e. The molecule has 0 atom stereocenters. The Morgan fingerprint density at radius 3 is 2.33 bits per heavy atom. The van der Waals surface area contributed by atoms with Gasteiger partial charge in [-0.3, -0.25) is 9.69 Å². The fourth-order valence-electron chi connectivity index (χ4n) is 2.00.